The Morgan fingerprint density at radius 2 is 2.17 bits per heavy atom. The van der Waals surface area contributed by atoms with Gasteiger partial charge in [0, 0.05) is 43.3 Å². The van der Waals surface area contributed by atoms with Crippen molar-refractivity contribution in [2.75, 3.05) is 34.8 Å². The Balaban J connectivity index is 1.51. The lowest BCUT2D eigenvalue weighted by molar-refractivity contribution is 0.184. The molecular weight excluding hydrogens is 382 g/mol. The van der Waals surface area contributed by atoms with Gasteiger partial charge in [-0.1, -0.05) is 0 Å². The molecule has 154 valence electrons. The quantitative estimate of drug-likeness (QED) is 0.597. The molecule has 30 heavy (non-hydrogen) atoms. The van der Waals surface area contributed by atoms with Crippen LogP contribution in [0.25, 0.3) is 11.3 Å². The number of hydrogen-bond acceptors (Lipinski definition) is 9. The van der Waals surface area contributed by atoms with E-state index in [0.717, 1.165) is 42.3 Å². The van der Waals surface area contributed by atoms with Crippen molar-refractivity contribution in [3.05, 3.63) is 49.1 Å². The Kier molecular flexibility index (Phi) is 4.80. The summed E-state index contributed by atoms with van der Waals surface area (Å²) in [6.07, 6.45) is 6.48. The standard InChI is InChI=1S/C21H23N7O2/c1-2-30-19-11-14(5-7-24-19)16-3-4-17-20(25-16)28(15-6-10-27(17)13-15)21(29)26-18-12-22-8-9-23-18/h3-5,7-9,11-12,15,21,29H,2,6,10,13H2,1H3,(H,23,26)/t15-,21?/m0/s1. The highest BCUT2D eigenvalue weighted by atomic mass is 16.5. The average Bonchev–Trinajstić information content (AvgIpc) is 3.19. The number of aliphatic hydroxyl groups is 1. The molecule has 1 saturated heterocycles. The van der Waals surface area contributed by atoms with E-state index >= 15 is 0 Å². The number of aromatic nitrogens is 4. The van der Waals surface area contributed by atoms with Gasteiger partial charge in [0.15, 0.2) is 5.82 Å². The minimum absolute atomic E-state index is 0.163. The van der Waals surface area contributed by atoms with E-state index in [4.69, 9.17) is 9.72 Å². The first kappa shape index (κ1) is 18.6. The van der Waals surface area contributed by atoms with E-state index in [1.54, 1.807) is 24.8 Å². The molecule has 1 unspecified atom stereocenters. The molecule has 0 aromatic carbocycles. The molecule has 3 aromatic heterocycles. The molecule has 2 aliphatic heterocycles. The molecule has 3 aromatic rings. The minimum Gasteiger partial charge on any atom is -0.478 e. The van der Waals surface area contributed by atoms with Gasteiger partial charge >= 0.3 is 0 Å². The summed E-state index contributed by atoms with van der Waals surface area (Å²) in [5, 5.41) is 14.1. The second-order valence-corrected chi connectivity index (χ2v) is 7.26. The van der Waals surface area contributed by atoms with Crippen LogP contribution in [0.5, 0.6) is 5.88 Å². The number of ether oxygens (including phenoxy) is 1. The topological polar surface area (TPSA) is 99.5 Å². The summed E-state index contributed by atoms with van der Waals surface area (Å²) in [6, 6.07) is 8.03. The van der Waals surface area contributed by atoms with Crippen LogP contribution in [0.3, 0.4) is 0 Å². The summed E-state index contributed by atoms with van der Waals surface area (Å²) < 4.78 is 5.53. The zero-order chi connectivity index (χ0) is 20.5. The number of nitrogens with zero attached hydrogens (tertiary/aromatic N) is 6. The van der Waals surface area contributed by atoms with Gasteiger partial charge < -0.3 is 25.0 Å². The summed E-state index contributed by atoms with van der Waals surface area (Å²) in [4.78, 5) is 21.7. The van der Waals surface area contributed by atoms with Crippen molar-refractivity contribution in [2.24, 2.45) is 0 Å². The molecule has 0 amide bonds. The van der Waals surface area contributed by atoms with Crippen molar-refractivity contribution in [1.29, 1.82) is 0 Å². The van der Waals surface area contributed by atoms with Crippen molar-refractivity contribution in [3.8, 4) is 17.1 Å². The van der Waals surface area contributed by atoms with Crippen molar-refractivity contribution < 1.29 is 9.84 Å². The molecule has 0 radical (unpaired) electrons. The first-order valence-corrected chi connectivity index (χ1v) is 10.1. The van der Waals surface area contributed by atoms with E-state index in [-0.39, 0.29) is 6.04 Å². The molecule has 5 heterocycles. The van der Waals surface area contributed by atoms with E-state index in [1.165, 1.54) is 0 Å². The summed E-state index contributed by atoms with van der Waals surface area (Å²) >= 11 is 0. The third kappa shape index (κ3) is 3.37. The van der Waals surface area contributed by atoms with Gasteiger partial charge in [-0.15, -0.1) is 0 Å². The molecule has 2 N–H and O–H groups in total. The predicted octanol–water partition coefficient (Wildman–Crippen LogP) is 2.12. The fraction of sp³-hybridized carbons (Fsp3) is 0.333. The lowest BCUT2D eigenvalue weighted by Crippen LogP contribution is -2.51. The van der Waals surface area contributed by atoms with Crippen LogP contribution in [-0.2, 0) is 0 Å². The Bertz CT molecular complexity index is 1030. The van der Waals surface area contributed by atoms with Gasteiger partial charge in [-0.25, -0.2) is 15.0 Å². The Morgan fingerprint density at radius 1 is 1.23 bits per heavy atom. The van der Waals surface area contributed by atoms with Gasteiger partial charge in [0.1, 0.15) is 5.82 Å². The molecule has 5 rings (SSSR count). The summed E-state index contributed by atoms with van der Waals surface area (Å²) in [7, 11) is 0. The van der Waals surface area contributed by atoms with E-state index < -0.39 is 6.35 Å². The Labute approximate surface area is 174 Å². The van der Waals surface area contributed by atoms with Crippen LogP contribution >= 0.6 is 0 Å². The molecule has 0 spiro atoms. The van der Waals surface area contributed by atoms with E-state index in [0.29, 0.717) is 18.3 Å². The Morgan fingerprint density at radius 3 is 3.00 bits per heavy atom. The first-order valence-electron chi connectivity index (χ1n) is 10.1. The SMILES string of the molecule is CCOc1cc(-c2ccc3c(n2)N(C(O)Nc2cnccn2)[C@H]2CCN3C2)ccn1. The van der Waals surface area contributed by atoms with Crippen molar-refractivity contribution in [2.45, 2.75) is 25.7 Å². The summed E-state index contributed by atoms with van der Waals surface area (Å²) in [5.74, 6) is 1.83. The molecule has 2 aliphatic rings. The van der Waals surface area contributed by atoms with Crippen molar-refractivity contribution in [3.63, 3.8) is 0 Å². The fourth-order valence-electron chi connectivity index (χ4n) is 4.09. The Hall–Kier alpha value is -3.46. The van der Waals surface area contributed by atoms with Crippen LogP contribution in [0, 0.1) is 0 Å². The van der Waals surface area contributed by atoms with Gasteiger partial charge in [-0.2, -0.15) is 0 Å². The highest BCUT2D eigenvalue weighted by Gasteiger charge is 2.40. The normalized spacial score (nSPS) is 18.1. The maximum absolute atomic E-state index is 11.0. The number of hydrogen-bond donors (Lipinski definition) is 2. The maximum atomic E-state index is 11.0. The minimum atomic E-state index is -0.968. The molecule has 2 bridgehead atoms. The number of aliphatic hydroxyl groups excluding tert-OH is 1. The van der Waals surface area contributed by atoms with Crippen LogP contribution in [0.4, 0.5) is 17.3 Å². The van der Waals surface area contributed by atoms with Crippen molar-refractivity contribution in [1.82, 2.24) is 19.9 Å². The van der Waals surface area contributed by atoms with E-state index in [1.807, 2.05) is 30.0 Å². The first-order chi connectivity index (χ1) is 14.7. The highest BCUT2D eigenvalue weighted by molar-refractivity contribution is 5.76. The molecule has 0 aliphatic carbocycles. The van der Waals surface area contributed by atoms with Crippen LogP contribution in [0.15, 0.2) is 49.1 Å². The summed E-state index contributed by atoms with van der Waals surface area (Å²) in [5.41, 5.74) is 2.74. The van der Waals surface area contributed by atoms with Crippen LogP contribution < -0.4 is 19.9 Å². The van der Waals surface area contributed by atoms with Gasteiger partial charge in [0.25, 0.3) is 0 Å². The largest absolute Gasteiger partial charge is 0.478 e. The second kappa shape index (κ2) is 7.75. The van der Waals surface area contributed by atoms with Gasteiger partial charge in [0.05, 0.1) is 30.2 Å². The van der Waals surface area contributed by atoms with Crippen LogP contribution in [0.1, 0.15) is 13.3 Å². The number of anilines is 3. The highest BCUT2D eigenvalue weighted by Crippen LogP contribution is 2.41. The second-order valence-electron chi connectivity index (χ2n) is 7.26. The zero-order valence-corrected chi connectivity index (χ0v) is 16.6. The smallest absolute Gasteiger partial charge is 0.213 e. The third-order valence-electron chi connectivity index (χ3n) is 5.42. The molecular formula is C21H23N7O2. The van der Waals surface area contributed by atoms with Crippen LogP contribution in [-0.4, -0.2) is 57.1 Å². The van der Waals surface area contributed by atoms with E-state index in [9.17, 15) is 5.11 Å². The fourth-order valence-corrected chi connectivity index (χ4v) is 4.09. The number of nitrogens with one attached hydrogen (secondary N) is 1. The molecule has 9 nitrogen and oxygen atoms in total. The number of rotatable bonds is 6. The molecule has 1 fully saturated rings. The average molecular weight is 405 g/mol. The monoisotopic (exact) mass is 405 g/mol. The predicted molar refractivity (Wildman–Crippen MR) is 113 cm³/mol. The molecule has 0 saturated carbocycles. The van der Waals surface area contributed by atoms with Gasteiger partial charge in [-0.3, -0.25) is 4.98 Å². The summed E-state index contributed by atoms with van der Waals surface area (Å²) in [6.45, 7) is 4.28. The van der Waals surface area contributed by atoms with E-state index in [2.05, 4.69) is 31.2 Å². The van der Waals surface area contributed by atoms with Gasteiger partial charge in [0.2, 0.25) is 12.2 Å². The zero-order valence-electron chi connectivity index (χ0n) is 16.6. The lowest BCUT2D eigenvalue weighted by Gasteiger charge is -2.40. The van der Waals surface area contributed by atoms with Crippen molar-refractivity contribution >= 4 is 17.3 Å². The maximum Gasteiger partial charge on any atom is 0.213 e. The number of pyridine rings is 2. The third-order valence-corrected chi connectivity index (χ3v) is 5.42. The molecule has 9 heteroatoms. The lowest BCUT2D eigenvalue weighted by atomic mass is 10.1. The molecule has 2 atom stereocenters. The van der Waals surface area contributed by atoms with Gasteiger partial charge in [-0.05, 0) is 31.5 Å². The van der Waals surface area contributed by atoms with Crippen LogP contribution in [0.2, 0.25) is 0 Å². The number of fused-ring (bicyclic) bond motifs is 4.